The van der Waals surface area contributed by atoms with E-state index in [0.29, 0.717) is 42.3 Å². The van der Waals surface area contributed by atoms with Crippen LogP contribution in [-0.2, 0) is 0 Å². The van der Waals surface area contributed by atoms with Crippen LogP contribution in [-0.4, -0.2) is 57.8 Å². The van der Waals surface area contributed by atoms with Gasteiger partial charge in [-0.1, -0.05) is 11.6 Å². The number of aromatic nitrogens is 2. The van der Waals surface area contributed by atoms with Crippen LogP contribution in [0.3, 0.4) is 0 Å². The van der Waals surface area contributed by atoms with E-state index in [2.05, 4.69) is 9.97 Å². The Morgan fingerprint density at radius 2 is 1.30 bits per heavy atom. The summed E-state index contributed by atoms with van der Waals surface area (Å²) in [4.78, 5) is 38.6. The molecular formula is C23H23ClN4O2. The molecule has 4 rings (SSSR count). The van der Waals surface area contributed by atoms with Crippen molar-refractivity contribution in [3.63, 3.8) is 0 Å². The van der Waals surface area contributed by atoms with Crippen LogP contribution in [0.5, 0.6) is 0 Å². The van der Waals surface area contributed by atoms with E-state index >= 15 is 0 Å². The number of aryl methyl sites for hydroxylation is 2. The molecule has 0 atom stereocenters. The molecule has 0 saturated carbocycles. The van der Waals surface area contributed by atoms with Crippen molar-refractivity contribution in [2.24, 2.45) is 0 Å². The van der Waals surface area contributed by atoms with Gasteiger partial charge in [-0.05, 0) is 62.7 Å². The molecule has 1 aromatic heterocycles. The molecule has 154 valence electrons. The zero-order valence-electron chi connectivity index (χ0n) is 17.1. The highest BCUT2D eigenvalue weighted by molar-refractivity contribution is 6.30. The van der Waals surface area contributed by atoms with Crippen LogP contribution in [0.1, 0.15) is 38.5 Å². The molecule has 0 N–H and O–H groups in total. The molecule has 1 fully saturated rings. The van der Waals surface area contributed by atoms with E-state index < -0.39 is 0 Å². The van der Waals surface area contributed by atoms with Gasteiger partial charge in [-0.3, -0.25) is 9.59 Å². The van der Waals surface area contributed by atoms with Crippen molar-refractivity contribution in [3.05, 3.63) is 70.0 Å². The molecule has 6 nitrogen and oxygen atoms in total. The Bertz CT molecular complexity index is 1110. The molecule has 1 saturated heterocycles. The molecule has 3 aromatic rings. The lowest BCUT2D eigenvalue weighted by Crippen LogP contribution is -2.37. The molecule has 2 amide bonds. The zero-order valence-corrected chi connectivity index (χ0v) is 17.8. The fraction of sp³-hybridized carbons (Fsp3) is 0.304. The first-order valence-corrected chi connectivity index (χ1v) is 10.4. The number of amides is 2. The van der Waals surface area contributed by atoms with E-state index in [0.717, 1.165) is 28.8 Å². The molecule has 1 aliphatic heterocycles. The molecular weight excluding hydrogens is 400 g/mol. The average molecular weight is 423 g/mol. The number of halogens is 1. The summed E-state index contributed by atoms with van der Waals surface area (Å²) in [7, 11) is 0. The Hall–Kier alpha value is -2.99. The Kier molecular flexibility index (Phi) is 5.68. The number of rotatable bonds is 2. The average Bonchev–Trinajstić information content (AvgIpc) is 3.00. The molecule has 2 aromatic carbocycles. The number of benzene rings is 2. The maximum atomic E-state index is 13.1. The standard InChI is InChI=1S/C23H23ClN4O2/c1-15-16(2)26-21-14-18(6-9-20(21)25-15)23(30)28-11-3-10-27(12-13-28)22(29)17-4-7-19(24)8-5-17/h4-9,14H,3,10-13H2,1-2H3. The fourth-order valence-corrected chi connectivity index (χ4v) is 3.77. The third kappa shape index (κ3) is 4.14. The number of hydrogen-bond donors (Lipinski definition) is 0. The maximum Gasteiger partial charge on any atom is 0.253 e. The van der Waals surface area contributed by atoms with Crippen LogP contribution in [0.4, 0.5) is 0 Å². The van der Waals surface area contributed by atoms with Crippen molar-refractivity contribution < 1.29 is 9.59 Å². The van der Waals surface area contributed by atoms with Gasteiger partial charge in [-0.15, -0.1) is 0 Å². The summed E-state index contributed by atoms with van der Waals surface area (Å²) in [6.07, 6.45) is 0.733. The normalized spacial score (nSPS) is 14.6. The number of carbonyl (C=O) groups is 2. The predicted molar refractivity (Wildman–Crippen MR) is 117 cm³/mol. The second kappa shape index (κ2) is 8.40. The molecule has 30 heavy (non-hydrogen) atoms. The van der Waals surface area contributed by atoms with E-state index in [4.69, 9.17) is 11.6 Å². The van der Waals surface area contributed by atoms with Crippen molar-refractivity contribution in [1.29, 1.82) is 0 Å². The van der Waals surface area contributed by atoms with Gasteiger partial charge in [0.15, 0.2) is 0 Å². The first-order valence-electron chi connectivity index (χ1n) is 10.0. The number of hydrogen-bond acceptors (Lipinski definition) is 4. The maximum absolute atomic E-state index is 13.1. The number of nitrogens with zero attached hydrogens (tertiary/aromatic N) is 4. The van der Waals surface area contributed by atoms with E-state index in [1.54, 1.807) is 41.3 Å². The van der Waals surface area contributed by atoms with Crippen LogP contribution >= 0.6 is 11.6 Å². The molecule has 1 aliphatic rings. The molecule has 7 heteroatoms. The van der Waals surface area contributed by atoms with Crippen molar-refractivity contribution >= 4 is 34.4 Å². The lowest BCUT2D eigenvalue weighted by atomic mass is 10.1. The summed E-state index contributed by atoms with van der Waals surface area (Å²) < 4.78 is 0. The minimum atomic E-state index is -0.0438. The molecule has 0 aliphatic carbocycles. The van der Waals surface area contributed by atoms with Gasteiger partial charge in [0.25, 0.3) is 11.8 Å². The second-order valence-electron chi connectivity index (χ2n) is 7.54. The highest BCUT2D eigenvalue weighted by Gasteiger charge is 2.24. The van der Waals surface area contributed by atoms with Crippen LogP contribution in [0, 0.1) is 13.8 Å². The van der Waals surface area contributed by atoms with Crippen LogP contribution in [0.15, 0.2) is 42.5 Å². The summed E-state index contributed by atoms with van der Waals surface area (Å²) in [6, 6.07) is 12.4. The Balaban J connectivity index is 1.48. The minimum absolute atomic E-state index is 0.0345. The highest BCUT2D eigenvalue weighted by atomic mass is 35.5. The third-order valence-electron chi connectivity index (χ3n) is 5.48. The Morgan fingerprint density at radius 1 is 0.767 bits per heavy atom. The molecule has 2 heterocycles. The molecule has 0 unspecified atom stereocenters. The van der Waals surface area contributed by atoms with Gasteiger partial charge < -0.3 is 9.80 Å². The van der Waals surface area contributed by atoms with Gasteiger partial charge in [-0.25, -0.2) is 9.97 Å². The van der Waals surface area contributed by atoms with Crippen molar-refractivity contribution in [2.45, 2.75) is 20.3 Å². The summed E-state index contributed by atoms with van der Waals surface area (Å²) in [5.41, 5.74) is 4.46. The zero-order chi connectivity index (χ0) is 21.3. The lowest BCUT2D eigenvalue weighted by Gasteiger charge is -2.22. The van der Waals surface area contributed by atoms with Crippen LogP contribution in [0.2, 0.25) is 5.02 Å². The van der Waals surface area contributed by atoms with Gasteiger partial charge in [0.1, 0.15) is 0 Å². The second-order valence-corrected chi connectivity index (χ2v) is 7.98. The van der Waals surface area contributed by atoms with E-state index in [9.17, 15) is 9.59 Å². The quantitative estimate of drug-likeness (QED) is 0.628. The van der Waals surface area contributed by atoms with Gasteiger partial charge in [-0.2, -0.15) is 0 Å². The van der Waals surface area contributed by atoms with Gasteiger partial charge in [0.2, 0.25) is 0 Å². The fourth-order valence-electron chi connectivity index (χ4n) is 3.64. The molecule has 0 radical (unpaired) electrons. The van der Waals surface area contributed by atoms with E-state index in [1.807, 2.05) is 24.8 Å². The van der Waals surface area contributed by atoms with Gasteiger partial charge >= 0.3 is 0 Å². The molecule has 0 spiro atoms. The SMILES string of the molecule is Cc1nc2ccc(C(=O)N3CCCN(C(=O)c4ccc(Cl)cc4)CC3)cc2nc1C. The number of fused-ring (bicyclic) bond motifs is 1. The largest absolute Gasteiger partial charge is 0.337 e. The highest BCUT2D eigenvalue weighted by Crippen LogP contribution is 2.18. The Morgan fingerprint density at radius 3 is 1.93 bits per heavy atom. The van der Waals surface area contributed by atoms with Gasteiger partial charge in [0, 0.05) is 42.3 Å². The smallest absolute Gasteiger partial charge is 0.253 e. The van der Waals surface area contributed by atoms with Gasteiger partial charge in [0.05, 0.1) is 22.4 Å². The van der Waals surface area contributed by atoms with Crippen molar-refractivity contribution in [3.8, 4) is 0 Å². The first-order chi connectivity index (χ1) is 14.4. The number of carbonyl (C=O) groups excluding carboxylic acids is 2. The summed E-state index contributed by atoms with van der Waals surface area (Å²) in [6.45, 7) is 6.06. The predicted octanol–water partition coefficient (Wildman–Crippen LogP) is 3.89. The topological polar surface area (TPSA) is 66.4 Å². The van der Waals surface area contributed by atoms with Crippen molar-refractivity contribution in [2.75, 3.05) is 26.2 Å². The summed E-state index contributed by atoms with van der Waals surface area (Å²) in [5.74, 6) is -0.0782. The van der Waals surface area contributed by atoms with Crippen LogP contribution in [0.25, 0.3) is 11.0 Å². The minimum Gasteiger partial charge on any atom is -0.337 e. The van der Waals surface area contributed by atoms with E-state index in [-0.39, 0.29) is 11.8 Å². The monoisotopic (exact) mass is 422 g/mol. The van der Waals surface area contributed by atoms with Crippen LogP contribution < -0.4 is 0 Å². The third-order valence-corrected chi connectivity index (χ3v) is 5.74. The summed E-state index contributed by atoms with van der Waals surface area (Å²) in [5, 5.41) is 0.601. The van der Waals surface area contributed by atoms with Crippen molar-refractivity contribution in [1.82, 2.24) is 19.8 Å². The lowest BCUT2D eigenvalue weighted by molar-refractivity contribution is 0.0719. The molecule has 0 bridgehead atoms. The summed E-state index contributed by atoms with van der Waals surface area (Å²) >= 11 is 5.92. The first kappa shape index (κ1) is 20.3. The van der Waals surface area contributed by atoms with E-state index in [1.165, 1.54) is 0 Å². The Labute approximate surface area is 180 Å².